The van der Waals surface area contributed by atoms with E-state index in [9.17, 15) is 44.7 Å². The number of benzene rings is 1. The first-order chi connectivity index (χ1) is 17.7. The monoisotopic (exact) mass is 555 g/mol. The number of rotatable bonds is 6. The van der Waals surface area contributed by atoms with Gasteiger partial charge in [-0.2, -0.15) is 26.3 Å². The summed E-state index contributed by atoms with van der Waals surface area (Å²) >= 11 is 0. The van der Waals surface area contributed by atoms with Crippen LogP contribution in [0.3, 0.4) is 0 Å². The Balaban J connectivity index is 1.60. The van der Waals surface area contributed by atoms with Crippen molar-refractivity contribution in [3.63, 3.8) is 0 Å². The quantitative estimate of drug-likeness (QED) is 0.521. The Kier molecular flexibility index (Phi) is 7.43. The van der Waals surface area contributed by atoms with Gasteiger partial charge in [0.05, 0.1) is 24.8 Å². The number of likely N-dealkylation sites (tertiary alicyclic amines) is 1. The minimum absolute atomic E-state index is 0.00376. The smallest absolute Gasteiger partial charge is 0.381 e. The molecule has 0 spiro atoms. The highest BCUT2D eigenvalue weighted by atomic mass is 19.4. The van der Waals surface area contributed by atoms with Gasteiger partial charge in [0.1, 0.15) is 17.7 Å². The van der Waals surface area contributed by atoms with Gasteiger partial charge >= 0.3 is 12.4 Å². The molecule has 0 aliphatic carbocycles. The molecule has 1 unspecified atom stereocenters. The van der Waals surface area contributed by atoms with Crippen LogP contribution < -0.4 is 5.32 Å². The summed E-state index contributed by atoms with van der Waals surface area (Å²) in [6, 6.07) is -1.75. The van der Waals surface area contributed by atoms with E-state index in [1.54, 1.807) is 6.92 Å². The predicted molar refractivity (Wildman–Crippen MR) is 111 cm³/mol. The van der Waals surface area contributed by atoms with Crippen LogP contribution in [-0.2, 0) is 21.9 Å². The van der Waals surface area contributed by atoms with Gasteiger partial charge in [-0.1, -0.05) is 18.5 Å². The number of nitrogens with one attached hydrogen (secondary N) is 1. The van der Waals surface area contributed by atoms with Crippen LogP contribution in [-0.4, -0.2) is 47.7 Å². The first kappa shape index (κ1) is 27.8. The van der Waals surface area contributed by atoms with E-state index in [2.05, 4.69) is 15.0 Å². The van der Waals surface area contributed by atoms with Crippen molar-refractivity contribution < 1.29 is 54.0 Å². The number of aromatic nitrogens is 1. The number of hydrogen-bond acceptors (Lipinski definition) is 5. The minimum Gasteiger partial charge on any atom is -0.381 e. The van der Waals surface area contributed by atoms with Crippen molar-refractivity contribution in [2.75, 3.05) is 19.8 Å². The van der Waals surface area contributed by atoms with Gasteiger partial charge < -0.3 is 19.5 Å². The number of alkyl halides is 6. The number of halogens is 8. The number of amides is 2. The van der Waals surface area contributed by atoms with Crippen molar-refractivity contribution in [2.45, 2.75) is 44.2 Å². The summed E-state index contributed by atoms with van der Waals surface area (Å²) in [6.45, 7) is 1.76. The molecule has 2 fully saturated rings. The molecule has 2 saturated heterocycles. The Morgan fingerprint density at radius 2 is 1.76 bits per heavy atom. The van der Waals surface area contributed by atoms with Crippen molar-refractivity contribution in [3.8, 4) is 0 Å². The molecule has 2 aliphatic rings. The third-order valence-electron chi connectivity index (χ3n) is 6.70. The van der Waals surface area contributed by atoms with Gasteiger partial charge in [0.25, 0.3) is 5.91 Å². The van der Waals surface area contributed by atoms with Crippen LogP contribution in [0, 0.1) is 23.5 Å². The number of carbonyl (C=O) groups excluding carboxylic acids is 2. The first-order valence-corrected chi connectivity index (χ1v) is 11.5. The molecule has 0 saturated carbocycles. The molecule has 2 aromatic rings. The highest BCUT2D eigenvalue weighted by Crippen LogP contribution is 2.37. The lowest BCUT2D eigenvalue weighted by atomic mass is 9.89. The highest BCUT2D eigenvalue weighted by molar-refractivity contribution is 5.96. The van der Waals surface area contributed by atoms with Crippen LogP contribution in [0.5, 0.6) is 0 Å². The van der Waals surface area contributed by atoms with E-state index in [1.165, 1.54) is 0 Å². The maximum Gasteiger partial charge on any atom is 0.436 e. The van der Waals surface area contributed by atoms with Gasteiger partial charge in [-0.3, -0.25) is 9.59 Å². The molecule has 15 heteroatoms. The Bertz CT molecular complexity index is 1210. The van der Waals surface area contributed by atoms with E-state index < -0.39 is 76.4 Å². The van der Waals surface area contributed by atoms with Gasteiger partial charge in [-0.25, -0.2) is 8.78 Å². The summed E-state index contributed by atoms with van der Waals surface area (Å²) in [5, 5.41) is 5.33. The van der Waals surface area contributed by atoms with Gasteiger partial charge in [0.2, 0.25) is 11.7 Å². The third-order valence-corrected chi connectivity index (χ3v) is 6.70. The molecule has 208 valence electrons. The lowest BCUT2D eigenvalue weighted by molar-refractivity contribution is -0.143. The number of hydrogen-bond donors (Lipinski definition) is 1. The zero-order chi connectivity index (χ0) is 28.0. The van der Waals surface area contributed by atoms with Crippen molar-refractivity contribution in [1.29, 1.82) is 0 Å². The molecule has 0 bridgehead atoms. The van der Waals surface area contributed by atoms with E-state index in [4.69, 9.17) is 4.74 Å². The van der Waals surface area contributed by atoms with Crippen LogP contribution in [0.2, 0.25) is 0 Å². The van der Waals surface area contributed by atoms with Crippen LogP contribution in [0.15, 0.2) is 22.7 Å². The van der Waals surface area contributed by atoms with Crippen molar-refractivity contribution >= 4 is 11.8 Å². The van der Waals surface area contributed by atoms with E-state index >= 15 is 0 Å². The number of nitrogens with zero attached hydrogens (tertiary/aromatic N) is 2. The normalized spacial score (nSPS) is 21.3. The Hall–Kier alpha value is -3.23. The lowest BCUT2D eigenvalue weighted by Gasteiger charge is -2.36. The second-order valence-corrected chi connectivity index (χ2v) is 9.19. The Morgan fingerprint density at radius 3 is 2.29 bits per heavy atom. The van der Waals surface area contributed by atoms with Crippen molar-refractivity contribution in [1.82, 2.24) is 15.4 Å². The number of ether oxygens (including phenoxy) is 1. The zero-order valence-corrected chi connectivity index (χ0v) is 19.6. The van der Waals surface area contributed by atoms with E-state index in [1.807, 2.05) is 0 Å². The summed E-state index contributed by atoms with van der Waals surface area (Å²) in [4.78, 5) is 27.3. The molecular formula is C23H21F8N3O4. The second-order valence-electron chi connectivity index (χ2n) is 9.19. The molecule has 4 rings (SSSR count). The van der Waals surface area contributed by atoms with Gasteiger partial charge in [0.15, 0.2) is 5.69 Å². The lowest BCUT2D eigenvalue weighted by Crippen LogP contribution is -2.50. The fourth-order valence-corrected chi connectivity index (χ4v) is 4.51. The molecule has 3 atom stereocenters. The van der Waals surface area contributed by atoms with E-state index in [0.717, 1.165) is 4.90 Å². The minimum atomic E-state index is -5.14. The van der Waals surface area contributed by atoms with Gasteiger partial charge in [-0.15, -0.1) is 0 Å². The van der Waals surface area contributed by atoms with Crippen LogP contribution in [0.1, 0.15) is 53.2 Å². The molecule has 1 aromatic carbocycles. The predicted octanol–water partition coefficient (Wildman–Crippen LogP) is 4.74. The molecule has 2 amide bonds. The van der Waals surface area contributed by atoms with Crippen molar-refractivity contribution in [3.05, 3.63) is 52.4 Å². The summed E-state index contributed by atoms with van der Waals surface area (Å²) in [5.74, 6) is -6.58. The first-order valence-electron chi connectivity index (χ1n) is 11.5. The van der Waals surface area contributed by atoms with Crippen molar-refractivity contribution in [2.24, 2.45) is 11.8 Å². The molecule has 1 N–H and O–H groups in total. The topological polar surface area (TPSA) is 84.7 Å². The maximum atomic E-state index is 14.8. The molecule has 2 aliphatic heterocycles. The number of carbonyl (C=O) groups is 2. The van der Waals surface area contributed by atoms with E-state index in [0.29, 0.717) is 18.6 Å². The molecule has 3 heterocycles. The Labute approximate surface area is 210 Å². The summed E-state index contributed by atoms with van der Waals surface area (Å²) in [6.07, 6.45) is -9.40. The average molecular weight is 555 g/mol. The molecule has 1 aromatic heterocycles. The zero-order valence-electron chi connectivity index (χ0n) is 19.6. The van der Waals surface area contributed by atoms with Crippen LogP contribution in [0.4, 0.5) is 35.1 Å². The fourth-order valence-electron chi connectivity index (χ4n) is 4.51. The molecule has 38 heavy (non-hydrogen) atoms. The summed E-state index contributed by atoms with van der Waals surface area (Å²) < 4.78 is 116. The SMILES string of the molecule is CC[C@@H]1C[C@H](C(=O)NC(c2cc(F)c(C(F)(F)F)cc2F)C2COC2)N(C(=O)c2cc(C(F)(F)F)no2)C1. The highest BCUT2D eigenvalue weighted by Gasteiger charge is 2.44. The molecule has 7 nitrogen and oxygen atoms in total. The van der Waals surface area contributed by atoms with Crippen LogP contribution in [0.25, 0.3) is 0 Å². The largest absolute Gasteiger partial charge is 0.436 e. The van der Waals surface area contributed by atoms with Crippen LogP contribution >= 0.6 is 0 Å². The molecule has 0 radical (unpaired) electrons. The van der Waals surface area contributed by atoms with Gasteiger partial charge in [-0.05, 0) is 24.5 Å². The summed E-state index contributed by atoms with van der Waals surface area (Å²) in [5.41, 5.74) is -3.78. The average Bonchev–Trinajstić information content (AvgIpc) is 3.45. The molecular weight excluding hydrogens is 534 g/mol. The second kappa shape index (κ2) is 10.2. The Morgan fingerprint density at radius 1 is 1.08 bits per heavy atom. The third kappa shape index (κ3) is 5.47. The fraction of sp³-hybridized carbons (Fsp3) is 0.522. The maximum absolute atomic E-state index is 14.8. The standard InChI is InChI=1S/C23H21F8N3O4/c1-2-10-3-16(34(7-10)21(36)17-6-18(33-38-17)23(29,30)31)20(35)32-19(11-8-37-9-11)12-4-15(25)13(5-14(12)24)22(26,27)28/h4-6,10-11,16,19H,2-3,7-9H2,1H3,(H,32,35)/t10-,16-,19?/m1/s1. The van der Waals surface area contributed by atoms with Gasteiger partial charge in [0, 0.05) is 24.1 Å². The summed E-state index contributed by atoms with van der Waals surface area (Å²) in [7, 11) is 0. The van der Waals surface area contributed by atoms with E-state index in [-0.39, 0.29) is 38.2 Å².